The van der Waals surface area contributed by atoms with Crippen LogP contribution >= 0.6 is 0 Å². The molecule has 0 atom stereocenters. The third kappa shape index (κ3) is 2.77. The minimum absolute atomic E-state index is 0.397. The second-order valence-corrected chi connectivity index (χ2v) is 2.91. The van der Waals surface area contributed by atoms with E-state index in [1.807, 2.05) is 0 Å². The van der Waals surface area contributed by atoms with Crippen LogP contribution in [0.2, 0.25) is 0 Å². The molecule has 0 aromatic carbocycles. The molecule has 0 spiro atoms. The molecule has 1 amide bonds. The summed E-state index contributed by atoms with van der Waals surface area (Å²) in [7, 11) is 0. The second-order valence-electron chi connectivity index (χ2n) is 2.91. The number of hydrogen-bond donors (Lipinski definition) is 2. The molecule has 1 aliphatic rings. The van der Waals surface area contributed by atoms with Crippen molar-refractivity contribution in [3.63, 3.8) is 0 Å². The SMILES string of the molecule is O=C(O)C=C1CCN(C(=O)O)CC1. The average molecular weight is 185 g/mol. The summed E-state index contributed by atoms with van der Waals surface area (Å²) in [4.78, 5) is 22.0. The highest BCUT2D eigenvalue weighted by Crippen LogP contribution is 2.15. The molecule has 1 fully saturated rings. The lowest BCUT2D eigenvalue weighted by Crippen LogP contribution is -2.35. The van der Waals surface area contributed by atoms with Crippen LogP contribution in [-0.2, 0) is 4.79 Å². The van der Waals surface area contributed by atoms with E-state index in [0.29, 0.717) is 25.9 Å². The van der Waals surface area contributed by atoms with Crippen LogP contribution in [0.3, 0.4) is 0 Å². The number of aliphatic carboxylic acids is 1. The summed E-state index contributed by atoms with van der Waals surface area (Å²) in [6.07, 6.45) is 1.28. The highest BCUT2D eigenvalue weighted by molar-refractivity contribution is 5.80. The van der Waals surface area contributed by atoms with E-state index < -0.39 is 12.1 Å². The topological polar surface area (TPSA) is 77.8 Å². The predicted molar refractivity (Wildman–Crippen MR) is 44.6 cm³/mol. The number of likely N-dealkylation sites (tertiary alicyclic amines) is 1. The van der Waals surface area contributed by atoms with Crippen LogP contribution in [0, 0.1) is 0 Å². The van der Waals surface area contributed by atoms with Gasteiger partial charge in [0.2, 0.25) is 0 Å². The zero-order valence-electron chi connectivity index (χ0n) is 7.06. The molecule has 0 radical (unpaired) electrons. The molecule has 5 nitrogen and oxygen atoms in total. The zero-order valence-corrected chi connectivity index (χ0v) is 7.06. The zero-order chi connectivity index (χ0) is 9.84. The summed E-state index contributed by atoms with van der Waals surface area (Å²) < 4.78 is 0. The van der Waals surface area contributed by atoms with Crippen molar-refractivity contribution in [1.82, 2.24) is 4.90 Å². The molecule has 0 aliphatic carbocycles. The van der Waals surface area contributed by atoms with Gasteiger partial charge in [0.1, 0.15) is 0 Å². The van der Waals surface area contributed by atoms with Crippen molar-refractivity contribution in [3.05, 3.63) is 11.6 Å². The molecule has 0 saturated carbocycles. The first-order valence-electron chi connectivity index (χ1n) is 4.00. The van der Waals surface area contributed by atoms with Crippen molar-refractivity contribution in [2.75, 3.05) is 13.1 Å². The van der Waals surface area contributed by atoms with Crippen molar-refractivity contribution in [3.8, 4) is 0 Å². The highest BCUT2D eigenvalue weighted by atomic mass is 16.4. The van der Waals surface area contributed by atoms with E-state index in [4.69, 9.17) is 10.2 Å². The van der Waals surface area contributed by atoms with Gasteiger partial charge in [-0.1, -0.05) is 5.57 Å². The molecule has 1 aliphatic heterocycles. The molecule has 1 saturated heterocycles. The van der Waals surface area contributed by atoms with Crippen LogP contribution in [0.4, 0.5) is 4.79 Å². The molecule has 0 aromatic rings. The Morgan fingerprint density at radius 1 is 1.23 bits per heavy atom. The minimum atomic E-state index is -0.959. The summed E-state index contributed by atoms with van der Waals surface area (Å²) in [6.45, 7) is 0.795. The summed E-state index contributed by atoms with van der Waals surface area (Å²) >= 11 is 0. The Labute approximate surface area is 75.3 Å². The molecular weight excluding hydrogens is 174 g/mol. The summed E-state index contributed by atoms with van der Waals surface area (Å²) in [5.74, 6) is -0.959. The van der Waals surface area contributed by atoms with Gasteiger partial charge < -0.3 is 15.1 Å². The maximum atomic E-state index is 10.5. The van der Waals surface area contributed by atoms with E-state index >= 15 is 0 Å². The van der Waals surface area contributed by atoms with Crippen molar-refractivity contribution in [2.24, 2.45) is 0 Å². The van der Waals surface area contributed by atoms with Crippen LogP contribution < -0.4 is 0 Å². The van der Waals surface area contributed by atoms with Gasteiger partial charge in [0.25, 0.3) is 0 Å². The molecule has 0 aromatic heterocycles. The van der Waals surface area contributed by atoms with Crippen molar-refractivity contribution in [2.45, 2.75) is 12.8 Å². The van der Waals surface area contributed by atoms with Crippen molar-refractivity contribution in [1.29, 1.82) is 0 Å². The standard InChI is InChI=1S/C8H11NO4/c10-7(11)5-6-1-3-9(4-2-6)8(12)13/h5H,1-4H2,(H,10,11)(H,12,13). The van der Waals surface area contributed by atoms with Crippen molar-refractivity contribution >= 4 is 12.1 Å². The quantitative estimate of drug-likeness (QED) is 0.591. The Balaban J connectivity index is 2.48. The predicted octanol–water partition coefficient (Wildman–Crippen LogP) is 0.771. The van der Waals surface area contributed by atoms with E-state index in [0.717, 1.165) is 5.57 Å². The molecule has 0 bridgehead atoms. The van der Waals surface area contributed by atoms with Gasteiger partial charge in [-0.25, -0.2) is 9.59 Å². The summed E-state index contributed by atoms with van der Waals surface area (Å²) in [6, 6.07) is 0. The van der Waals surface area contributed by atoms with Gasteiger partial charge in [-0.2, -0.15) is 0 Å². The fraction of sp³-hybridized carbons (Fsp3) is 0.500. The number of carbonyl (C=O) groups is 2. The minimum Gasteiger partial charge on any atom is -0.478 e. The average Bonchev–Trinajstić information content (AvgIpc) is 2.04. The fourth-order valence-corrected chi connectivity index (χ4v) is 1.30. The van der Waals surface area contributed by atoms with E-state index in [9.17, 15) is 9.59 Å². The Morgan fingerprint density at radius 2 is 1.77 bits per heavy atom. The first kappa shape index (κ1) is 9.57. The molecular formula is C8H11NO4. The van der Waals surface area contributed by atoms with Crippen LogP contribution in [0.15, 0.2) is 11.6 Å². The normalized spacial score (nSPS) is 16.9. The maximum Gasteiger partial charge on any atom is 0.407 e. The monoisotopic (exact) mass is 185 g/mol. The lowest BCUT2D eigenvalue weighted by atomic mass is 10.0. The van der Waals surface area contributed by atoms with Gasteiger partial charge in [0.05, 0.1) is 0 Å². The van der Waals surface area contributed by atoms with Gasteiger partial charge in [0, 0.05) is 19.2 Å². The molecule has 13 heavy (non-hydrogen) atoms. The van der Waals surface area contributed by atoms with E-state index in [1.54, 1.807) is 0 Å². The number of carboxylic acids is 1. The van der Waals surface area contributed by atoms with E-state index in [-0.39, 0.29) is 0 Å². The fourth-order valence-electron chi connectivity index (χ4n) is 1.30. The van der Waals surface area contributed by atoms with Gasteiger partial charge in [0.15, 0.2) is 0 Å². The number of piperidine rings is 1. The van der Waals surface area contributed by atoms with Gasteiger partial charge in [-0.3, -0.25) is 0 Å². The lowest BCUT2D eigenvalue weighted by Gasteiger charge is -2.25. The van der Waals surface area contributed by atoms with Gasteiger partial charge in [-0.15, -0.1) is 0 Å². The third-order valence-corrected chi connectivity index (χ3v) is 2.00. The molecule has 72 valence electrons. The van der Waals surface area contributed by atoms with Crippen LogP contribution in [0.1, 0.15) is 12.8 Å². The number of rotatable bonds is 1. The summed E-state index contributed by atoms with van der Waals surface area (Å²) in [5.41, 5.74) is 0.810. The number of hydrogen-bond acceptors (Lipinski definition) is 2. The van der Waals surface area contributed by atoms with Crippen LogP contribution in [0.25, 0.3) is 0 Å². The van der Waals surface area contributed by atoms with Gasteiger partial charge in [-0.05, 0) is 12.8 Å². The van der Waals surface area contributed by atoms with E-state index in [2.05, 4.69) is 0 Å². The highest BCUT2D eigenvalue weighted by Gasteiger charge is 2.17. The maximum absolute atomic E-state index is 10.5. The van der Waals surface area contributed by atoms with Crippen molar-refractivity contribution < 1.29 is 19.8 Å². The molecule has 5 heteroatoms. The molecule has 2 N–H and O–H groups in total. The number of carboxylic acid groups (broad SMARTS) is 2. The molecule has 1 rings (SSSR count). The third-order valence-electron chi connectivity index (χ3n) is 2.00. The lowest BCUT2D eigenvalue weighted by molar-refractivity contribution is -0.131. The summed E-state index contributed by atoms with van der Waals surface area (Å²) in [5, 5.41) is 17.0. The smallest absolute Gasteiger partial charge is 0.407 e. The Bertz CT molecular complexity index is 249. The molecule has 1 heterocycles. The number of nitrogens with zero attached hydrogens (tertiary/aromatic N) is 1. The van der Waals surface area contributed by atoms with Crippen LogP contribution in [-0.4, -0.2) is 40.3 Å². The Hall–Kier alpha value is -1.52. The Morgan fingerprint density at radius 3 is 2.15 bits per heavy atom. The largest absolute Gasteiger partial charge is 0.478 e. The first-order chi connectivity index (χ1) is 6.09. The van der Waals surface area contributed by atoms with Crippen LogP contribution in [0.5, 0.6) is 0 Å². The van der Waals surface area contributed by atoms with E-state index in [1.165, 1.54) is 11.0 Å². The second kappa shape index (κ2) is 3.93. The molecule has 0 unspecified atom stereocenters. The first-order valence-corrected chi connectivity index (χ1v) is 4.00. The Kier molecular flexibility index (Phi) is 2.89. The van der Waals surface area contributed by atoms with Gasteiger partial charge >= 0.3 is 12.1 Å². The number of amides is 1.